The van der Waals surface area contributed by atoms with Crippen molar-refractivity contribution in [2.24, 2.45) is 0 Å². The molecule has 21 heavy (non-hydrogen) atoms. The van der Waals surface area contributed by atoms with Crippen LogP contribution in [-0.2, 0) is 5.41 Å². The van der Waals surface area contributed by atoms with Crippen molar-refractivity contribution in [3.8, 4) is 11.1 Å². The van der Waals surface area contributed by atoms with E-state index < -0.39 is 0 Å². The van der Waals surface area contributed by atoms with E-state index in [2.05, 4.69) is 72.4 Å². The number of allylic oxidation sites excluding steroid dienone is 2. The van der Waals surface area contributed by atoms with Gasteiger partial charge in [0.15, 0.2) is 0 Å². The summed E-state index contributed by atoms with van der Waals surface area (Å²) >= 11 is 3.63. The first-order valence-electron chi connectivity index (χ1n) is 7.26. The maximum Gasteiger partial charge on any atom is 0.0284 e. The Bertz CT molecular complexity index is 661. The Balaban J connectivity index is 2.37. The molecule has 0 unspecified atom stereocenters. The zero-order valence-corrected chi connectivity index (χ0v) is 13.9. The summed E-state index contributed by atoms with van der Waals surface area (Å²) < 4.78 is 1.13. The van der Waals surface area contributed by atoms with Crippen molar-refractivity contribution in [3.63, 3.8) is 0 Å². The summed E-state index contributed by atoms with van der Waals surface area (Å²) in [4.78, 5) is 0. The maximum absolute atomic E-state index is 4.00. The van der Waals surface area contributed by atoms with Crippen molar-refractivity contribution in [1.82, 2.24) is 0 Å². The van der Waals surface area contributed by atoms with Crippen LogP contribution in [0.15, 0.2) is 66.2 Å². The number of hydrogen-bond donors (Lipinski definition) is 0. The minimum atomic E-state index is -0.0238. The topological polar surface area (TPSA) is 0 Å². The molecule has 0 N–H and O–H groups in total. The predicted molar refractivity (Wildman–Crippen MR) is 94.7 cm³/mol. The number of fused-ring (bicyclic) bond motifs is 3. The van der Waals surface area contributed by atoms with Gasteiger partial charge in [0.2, 0.25) is 0 Å². The molecule has 0 aliphatic heterocycles. The molecule has 2 aromatic carbocycles. The van der Waals surface area contributed by atoms with Crippen molar-refractivity contribution in [2.75, 3.05) is 0 Å². The minimum Gasteiger partial charge on any atom is -0.103 e. The van der Waals surface area contributed by atoms with Crippen LogP contribution in [0.5, 0.6) is 0 Å². The Hall–Kier alpha value is -1.60. The normalized spacial score (nSPS) is 14.4. The van der Waals surface area contributed by atoms with Crippen LogP contribution in [0, 0.1) is 6.92 Å². The minimum absolute atomic E-state index is 0.0238. The lowest BCUT2D eigenvalue weighted by Crippen LogP contribution is -2.23. The van der Waals surface area contributed by atoms with Crippen LogP contribution in [0.2, 0.25) is 0 Å². The third kappa shape index (κ3) is 2.11. The van der Waals surface area contributed by atoms with E-state index in [9.17, 15) is 0 Å². The first-order valence-corrected chi connectivity index (χ1v) is 8.05. The first kappa shape index (κ1) is 14.3. The second-order valence-electron chi connectivity index (χ2n) is 5.81. The molecule has 3 rings (SSSR count). The van der Waals surface area contributed by atoms with Gasteiger partial charge >= 0.3 is 0 Å². The number of halogens is 1. The van der Waals surface area contributed by atoms with E-state index in [1.165, 1.54) is 27.8 Å². The Morgan fingerprint density at radius 3 is 2.14 bits per heavy atom. The first-order chi connectivity index (χ1) is 10.1. The molecule has 0 aromatic heterocycles. The largest absolute Gasteiger partial charge is 0.103 e. The van der Waals surface area contributed by atoms with Gasteiger partial charge in [-0.3, -0.25) is 0 Å². The van der Waals surface area contributed by atoms with Crippen LogP contribution in [0.3, 0.4) is 0 Å². The molecule has 0 saturated carbocycles. The van der Waals surface area contributed by atoms with Crippen LogP contribution < -0.4 is 0 Å². The van der Waals surface area contributed by atoms with E-state index in [-0.39, 0.29) is 5.41 Å². The Morgan fingerprint density at radius 1 is 0.952 bits per heavy atom. The molecule has 0 atom stereocenters. The van der Waals surface area contributed by atoms with Gasteiger partial charge in [-0.2, -0.15) is 0 Å². The van der Waals surface area contributed by atoms with Crippen LogP contribution >= 0.6 is 15.9 Å². The van der Waals surface area contributed by atoms with E-state index in [1.54, 1.807) is 0 Å². The summed E-state index contributed by atoms with van der Waals surface area (Å²) in [5, 5.41) is 0. The smallest absolute Gasteiger partial charge is 0.0284 e. The van der Waals surface area contributed by atoms with E-state index in [0.29, 0.717) is 0 Å². The van der Waals surface area contributed by atoms with E-state index in [4.69, 9.17) is 0 Å². The summed E-state index contributed by atoms with van der Waals surface area (Å²) in [7, 11) is 0. The van der Waals surface area contributed by atoms with Crippen LogP contribution in [0.25, 0.3) is 11.1 Å². The lowest BCUT2D eigenvalue weighted by atomic mass is 9.72. The third-order valence-corrected chi connectivity index (χ3v) is 4.96. The highest BCUT2D eigenvalue weighted by atomic mass is 79.9. The average Bonchev–Trinajstić information content (AvgIpc) is 2.70. The van der Waals surface area contributed by atoms with Crippen molar-refractivity contribution < 1.29 is 0 Å². The monoisotopic (exact) mass is 338 g/mol. The summed E-state index contributed by atoms with van der Waals surface area (Å²) in [6, 6.07) is 13.4. The van der Waals surface area contributed by atoms with Gasteiger partial charge in [0.1, 0.15) is 0 Å². The number of aryl methyl sites for hydroxylation is 1. The van der Waals surface area contributed by atoms with Gasteiger partial charge in [0.25, 0.3) is 0 Å². The zero-order chi connectivity index (χ0) is 15.0. The second kappa shape index (κ2) is 5.31. The van der Waals surface area contributed by atoms with Crippen molar-refractivity contribution in [3.05, 3.63) is 82.9 Å². The van der Waals surface area contributed by atoms with E-state index >= 15 is 0 Å². The summed E-state index contributed by atoms with van der Waals surface area (Å²) in [5.74, 6) is 0. The molecule has 1 heteroatoms. The van der Waals surface area contributed by atoms with Crippen molar-refractivity contribution >= 4 is 15.9 Å². The third-order valence-electron chi connectivity index (χ3n) is 4.46. The Labute approximate surface area is 135 Å². The maximum atomic E-state index is 4.00. The molecule has 0 amide bonds. The number of hydrogen-bond acceptors (Lipinski definition) is 0. The van der Waals surface area contributed by atoms with Gasteiger partial charge in [-0.25, -0.2) is 0 Å². The summed E-state index contributed by atoms with van der Waals surface area (Å²) in [6.07, 6.45) is 5.93. The molecule has 1 aliphatic rings. The molecule has 0 saturated heterocycles. The van der Waals surface area contributed by atoms with E-state index in [1.807, 2.05) is 12.2 Å². The standard InChI is InChI=1S/C20H19Br/c1-4-10-20(11-5-2)18-12-14(3)6-8-16(18)17-9-7-15(21)13-19(17)20/h4-9,12-13H,1-2,10-11H2,3H3. The molecule has 0 radical (unpaired) electrons. The fraction of sp³-hybridized carbons (Fsp3) is 0.200. The highest BCUT2D eigenvalue weighted by Gasteiger charge is 2.41. The zero-order valence-electron chi connectivity index (χ0n) is 12.3. The van der Waals surface area contributed by atoms with Gasteiger partial charge in [-0.1, -0.05) is 57.9 Å². The molecular formula is C20H19Br. The second-order valence-corrected chi connectivity index (χ2v) is 6.72. The van der Waals surface area contributed by atoms with Gasteiger partial charge in [0.05, 0.1) is 0 Å². The quantitative estimate of drug-likeness (QED) is 0.584. The van der Waals surface area contributed by atoms with Gasteiger partial charge in [-0.05, 0) is 54.2 Å². The molecule has 0 nitrogen and oxygen atoms in total. The summed E-state index contributed by atoms with van der Waals surface area (Å²) in [6.45, 7) is 10.2. The van der Waals surface area contributed by atoms with Gasteiger partial charge in [0, 0.05) is 9.89 Å². The summed E-state index contributed by atoms with van der Waals surface area (Å²) in [5.41, 5.74) is 6.78. The Kier molecular flexibility index (Phi) is 3.62. The molecular weight excluding hydrogens is 320 g/mol. The molecule has 1 aliphatic carbocycles. The molecule has 106 valence electrons. The van der Waals surface area contributed by atoms with E-state index in [0.717, 1.165) is 17.3 Å². The molecule has 0 fully saturated rings. The predicted octanol–water partition coefficient (Wildman–Crippen LogP) is 6.18. The highest BCUT2D eigenvalue weighted by Crippen LogP contribution is 2.53. The fourth-order valence-electron chi connectivity index (χ4n) is 3.60. The van der Waals surface area contributed by atoms with Crippen molar-refractivity contribution in [1.29, 1.82) is 0 Å². The molecule has 0 heterocycles. The molecule has 2 aromatic rings. The lowest BCUT2D eigenvalue weighted by molar-refractivity contribution is 0.543. The average molecular weight is 339 g/mol. The fourth-order valence-corrected chi connectivity index (χ4v) is 3.96. The van der Waals surface area contributed by atoms with Crippen LogP contribution in [-0.4, -0.2) is 0 Å². The van der Waals surface area contributed by atoms with Gasteiger partial charge in [-0.15, -0.1) is 13.2 Å². The molecule has 0 spiro atoms. The number of rotatable bonds is 4. The van der Waals surface area contributed by atoms with Crippen molar-refractivity contribution in [2.45, 2.75) is 25.2 Å². The Morgan fingerprint density at radius 2 is 1.52 bits per heavy atom. The highest BCUT2D eigenvalue weighted by molar-refractivity contribution is 9.10. The SMILES string of the molecule is C=CCC1(CC=C)c2cc(C)ccc2-c2ccc(Br)cc21. The van der Waals surface area contributed by atoms with Crippen LogP contribution in [0.4, 0.5) is 0 Å². The lowest BCUT2D eigenvalue weighted by Gasteiger charge is -2.30. The number of benzene rings is 2. The molecule has 0 bridgehead atoms. The van der Waals surface area contributed by atoms with Gasteiger partial charge < -0.3 is 0 Å². The van der Waals surface area contributed by atoms with Crippen LogP contribution in [0.1, 0.15) is 29.5 Å².